The van der Waals surface area contributed by atoms with Gasteiger partial charge < -0.3 is 5.11 Å². The average Bonchev–Trinajstić information content (AvgIpc) is 2.30. The van der Waals surface area contributed by atoms with E-state index in [2.05, 4.69) is 0 Å². The van der Waals surface area contributed by atoms with Crippen LogP contribution in [0.2, 0.25) is 5.02 Å². The molecular weight excluding hydrogens is 258 g/mol. The molecule has 0 radical (unpaired) electrons. The first-order valence-corrected chi connectivity index (χ1v) is 5.75. The normalized spacial score (nSPS) is 12.5. The van der Waals surface area contributed by atoms with Gasteiger partial charge >= 0.3 is 0 Å². The van der Waals surface area contributed by atoms with Crippen LogP contribution in [0.5, 0.6) is 0 Å². The van der Waals surface area contributed by atoms with Crippen molar-refractivity contribution < 1.29 is 13.9 Å². The van der Waals surface area contributed by atoms with E-state index in [0.29, 0.717) is 10.6 Å². The molecule has 0 aliphatic rings. The number of aliphatic hydroxyl groups excluding tert-OH is 1. The van der Waals surface area contributed by atoms with Crippen LogP contribution in [-0.2, 0) is 0 Å². The van der Waals surface area contributed by atoms with Gasteiger partial charge in [0.25, 0.3) is 0 Å². The monoisotopic (exact) mass is 268 g/mol. The number of hydrogen-bond acceptors (Lipinski definition) is 1. The number of rotatable bonds is 2. The minimum absolute atomic E-state index is 0.175. The van der Waals surface area contributed by atoms with Gasteiger partial charge in [-0.2, -0.15) is 0 Å². The van der Waals surface area contributed by atoms with Crippen molar-refractivity contribution in [3.63, 3.8) is 0 Å². The summed E-state index contributed by atoms with van der Waals surface area (Å²) in [6.45, 7) is 1.80. The van der Waals surface area contributed by atoms with Gasteiger partial charge in [0.1, 0.15) is 17.7 Å². The molecule has 1 nitrogen and oxygen atoms in total. The van der Waals surface area contributed by atoms with Gasteiger partial charge in [0, 0.05) is 11.1 Å². The fourth-order valence-electron chi connectivity index (χ4n) is 1.76. The highest BCUT2D eigenvalue weighted by atomic mass is 35.5. The zero-order valence-electron chi connectivity index (χ0n) is 9.62. The Kier molecular flexibility index (Phi) is 3.64. The van der Waals surface area contributed by atoms with Gasteiger partial charge in [0.15, 0.2) is 0 Å². The van der Waals surface area contributed by atoms with Crippen molar-refractivity contribution in [2.24, 2.45) is 0 Å². The van der Waals surface area contributed by atoms with Crippen molar-refractivity contribution >= 4 is 11.6 Å². The SMILES string of the molecule is Cc1cc(C(O)c2cc(F)cc(F)c2)ccc1Cl. The Labute approximate surface area is 109 Å². The Bertz CT molecular complexity index is 564. The summed E-state index contributed by atoms with van der Waals surface area (Å²) in [5, 5.41) is 10.7. The van der Waals surface area contributed by atoms with E-state index in [9.17, 15) is 13.9 Å². The highest BCUT2D eigenvalue weighted by Crippen LogP contribution is 2.26. The summed E-state index contributed by atoms with van der Waals surface area (Å²) in [6, 6.07) is 7.95. The number of hydrogen-bond donors (Lipinski definition) is 1. The van der Waals surface area contributed by atoms with Crippen LogP contribution in [0.1, 0.15) is 22.8 Å². The molecule has 0 amide bonds. The zero-order chi connectivity index (χ0) is 13.3. The molecule has 0 aromatic heterocycles. The molecule has 0 fully saturated rings. The summed E-state index contributed by atoms with van der Waals surface area (Å²) in [5.74, 6) is -1.43. The predicted octanol–water partition coefficient (Wildman–Crippen LogP) is 4.01. The average molecular weight is 269 g/mol. The Morgan fingerprint density at radius 3 is 2.17 bits per heavy atom. The van der Waals surface area contributed by atoms with E-state index < -0.39 is 17.7 Å². The molecule has 0 bridgehead atoms. The predicted molar refractivity (Wildman–Crippen MR) is 66.6 cm³/mol. The third-order valence-electron chi connectivity index (χ3n) is 2.70. The van der Waals surface area contributed by atoms with Crippen LogP contribution in [0.15, 0.2) is 36.4 Å². The second kappa shape index (κ2) is 5.04. The van der Waals surface area contributed by atoms with E-state index in [4.69, 9.17) is 11.6 Å². The lowest BCUT2D eigenvalue weighted by Crippen LogP contribution is -2.01. The molecule has 1 N–H and O–H groups in total. The molecule has 2 aromatic rings. The molecule has 94 valence electrons. The molecule has 2 rings (SSSR count). The number of aryl methyl sites for hydroxylation is 1. The van der Waals surface area contributed by atoms with E-state index in [1.807, 2.05) is 0 Å². The van der Waals surface area contributed by atoms with Gasteiger partial charge in [-0.25, -0.2) is 8.78 Å². The second-order valence-electron chi connectivity index (χ2n) is 4.11. The van der Waals surface area contributed by atoms with Crippen molar-refractivity contribution in [2.75, 3.05) is 0 Å². The Balaban J connectivity index is 2.40. The van der Waals surface area contributed by atoms with Crippen LogP contribution in [0.3, 0.4) is 0 Å². The number of halogens is 3. The smallest absolute Gasteiger partial charge is 0.126 e. The summed E-state index contributed by atoms with van der Waals surface area (Å²) in [4.78, 5) is 0. The molecule has 18 heavy (non-hydrogen) atoms. The Morgan fingerprint density at radius 1 is 1.00 bits per heavy atom. The maximum Gasteiger partial charge on any atom is 0.126 e. The standard InChI is InChI=1S/C14H11ClF2O/c1-8-4-9(2-3-13(8)15)14(18)10-5-11(16)7-12(17)6-10/h2-7,14,18H,1H3. The maximum atomic E-state index is 13.1. The molecule has 0 spiro atoms. The fraction of sp³-hybridized carbons (Fsp3) is 0.143. The van der Waals surface area contributed by atoms with Crippen LogP contribution in [0.25, 0.3) is 0 Å². The summed E-state index contributed by atoms with van der Waals surface area (Å²) in [5.41, 5.74) is 1.52. The topological polar surface area (TPSA) is 20.2 Å². The van der Waals surface area contributed by atoms with Crippen LogP contribution >= 0.6 is 11.6 Å². The van der Waals surface area contributed by atoms with Crippen molar-refractivity contribution in [3.8, 4) is 0 Å². The van der Waals surface area contributed by atoms with Crippen molar-refractivity contribution in [1.29, 1.82) is 0 Å². The molecule has 0 aliphatic heterocycles. The van der Waals surface area contributed by atoms with Crippen LogP contribution in [0.4, 0.5) is 8.78 Å². The van der Waals surface area contributed by atoms with E-state index >= 15 is 0 Å². The summed E-state index contributed by atoms with van der Waals surface area (Å²) in [7, 11) is 0. The summed E-state index contributed by atoms with van der Waals surface area (Å²) >= 11 is 5.88. The van der Waals surface area contributed by atoms with Crippen LogP contribution in [0, 0.1) is 18.6 Å². The minimum atomic E-state index is -1.08. The molecular formula is C14H11ClF2O. The molecule has 0 saturated carbocycles. The number of benzene rings is 2. The maximum absolute atomic E-state index is 13.1. The first-order chi connectivity index (χ1) is 8.47. The Morgan fingerprint density at radius 2 is 1.61 bits per heavy atom. The van der Waals surface area contributed by atoms with Crippen molar-refractivity contribution in [3.05, 3.63) is 69.7 Å². The quantitative estimate of drug-likeness (QED) is 0.873. The third kappa shape index (κ3) is 2.68. The van der Waals surface area contributed by atoms with Gasteiger partial charge in [0.05, 0.1) is 0 Å². The highest BCUT2D eigenvalue weighted by molar-refractivity contribution is 6.31. The second-order valence-corrected chi connectivity index (χ2v) is 4.52. The molecule has 1 atom stereocenters. The van der Waals surface area contributed by atoms with Crippen molar-refractivity contribution in [1.82, 2.24) is 0 Å². The van der Waals surface area contributed by atoms with Gasteiger partial charge in [0.2, 0.25) is 0 Å². The van der Waals surface area contributed by atoms with Gasteiger partial charge in [-0.3, -0.25) is 0 Å². The van der Waals surface area contributed by atoms with E-state index in [1.165, 1.54) is 0 Å². The van der Waals surface area contributed by atoms with Gasteiger partial charge in [-0.05, 0) is 41.8 Å². The molecule has 2 aromatic carbocycles. The molecule has 0 saturated heterocycles. The van der Waals surface area contributed by atoms with Gasteiger partial charge in [-0.1, -0.05) is 23.7 Å². The third-order valence-corrected chi connectivity index (χ3v) is 3.12. The van der Waals surface area contributed by atoms with Crippen LogP contribution in [-0.4, -0.2) is 5.11 Å². The molecule has 4 heteroatoms. The first kappa shape index (κ1) is 13.0. The van der Waals surface area contributed by atoms with E-state index in [0.717, 1.165) is 23.8 Å². The van der Waals surface area contributed by atoms with E-state index in [-0.39, 0.29) is 5.56 Å². The lowest BCUT2D eigenvalue weighted by Gasteiger charge is -2.13. The molecule has 0 aliphatic carbocycles. The Hall–Kier alpha value is -1.45. The fourth-order valence-corrected chi connectivity index (χ4v) is 1.88. The highest BCUT2D eigenvalue weighted by Gasteiger charge is 2.13. The lowest BCUT2D eigenvalue weighted by molar-refractivity contribution is 0.219. The van der Waals surface area contributed by atoms with Gasteiger partial charge in [-0.15, -0.1) is 0 Å². The molecule has 0 heterocycles. The zero-order valence-corrected chi connectivity index (χ0v) is 10.4. The van der Waals surface area contributed by atoms with Crippen LogP contribution < -0.4 is 0 Å². The molecule has 1 unspecified atom stereocenters. The first-order valence-electron chi connectivity index (χ1n) is 5.37. The number of aliphatic hydroxyl groups is 1. The lowest BCUT2D eigenvalue weighted by atomic mass is 10.00. The van der Waals surface area contributed by atoms with E-state index in [1.54, 1.807) is 25.1 Å². The minimum Gasteiger partial charge on any atom is -0.384 e. The largest absolute Gasteiger partial charge is 0.384 e. The summed E-state index contributed by atoms with van der Waals surface area (Å²) in [6.07, 6.45) is -1.08. The summed E-state index contributed by atoms with van der Waals surface area (Å²) < 4.78 is 26.2. The van der Waals surface area contributed by atoms with Crippen molar-refractivity contribution in [2.45, 2.75) is 13.0 Å².